The quantitative estimate of drug-likeness (QED) is 0.913. The van der Waals surface area contributed by atoms with E-state index in [9.17, 15) is 9.59 Å². The van der Waals surface area contributed by atoms with Gasteiger partial charge < -0.3 is 15.0 Å². The van der Waals surface area contributed by atoms with E-state index in [-0.39, 0.29) is 18.4 Å². The molecule has 128 valence electrons. The lowest BCUT2D eigenvalue weighted by molar-refractivity contribution is -0.120. The van der Waals surface area contributed by atoms with Crippen molar-refractivity contribution >= 4 is 17.5 Å². The van der Waals surface area contributed by atoms with Crippen LogP contribution in [0.1, 0.15) is 28.8 Å². The molecule has 0 radical (unpaired) electrons. The Kier molecular flexibility index (Phi) is 4.14. The number of amides is 2. The second-order valence-corrected chi connectivity index (χ2v) is 6.48. The highest BCUT2D eigenvalue weighted by Gasteiger charge is 2.25. The minimum absolute atomic E-state index is 0.0120. The van der Waals surface area contributed by atoms with E-state index in [1.165, 1.54) is 5.56 Å². The SMILES string of the molecule is O=C(NC1CC1)c1ccc(OCC(=O)N2CCc3ccccc32)cc1. The molecule has 1 aliphatic heterocycles. The van der Waals surface area contributed by atoms with Crippen molar-refractivity contribution in [3.8, 4) is 5.75 Å². The Labute approximate surface area is 146 Å². The van der Waals surface area contributed by atoms with E-state index in [2.05, 4.69) is 11.4 Å². The summed E-state index contributed by atoms with van der Waals surface area (Å²) in [4.78, 5) is 26.1. The summed E-state index contributed by atoms with van der Waals surface area (Å²) < 4.78 is 5.60. The maximum atomic E-state index is 12.4. The van der Waals surface area contributed by atoms with Gasteiger partial charge in [0.05, 0.1) is 0 Å². The van der Waals surface area contributed by atoms with Crippen molar-refractivity contribution in [3.63, 3.8) is 0 Å². The molecule has 5 nitrogen and oxygen atoms in total. The lowest BCUT2D eigenvalue weighted by Gasteiger charge is -2.17. The Morgan fingerprint density at radius 3 is 2.60 bits per heavy atom. The van der Waals surface area contributed by atoms with Gasteiger partial charge in [-0.3, -0.25) is 9.59 Å². The molecule has 1 saturated carbocycles. The summed E-state index contributed by atoms with van der Waals surface area (Å²) in [6.45, 7) is 0.684. The van der Waals surface area contributed by atoms with Crippen LogP contribution in [-0.2, 0) is 11.2 Å². The molecule has 1 N–H and O–H groups in total. The molecule has 0 saturated heterocycles. The van der Waals surface area contributed by atoms with Crippen LogP contribution < -0.4 is 15.0 Å². The van der Waals surface area contributed by atoms with Crippen molar-refractivity contribution in [2.24, 2.45) is 0 Å². The van der Waals surface area contributed by atoms with Crippen LogP contribution in [0.3, 0.4) is 0 Å². The second-order valence-electron chi connectivity index (χ2n) is 6.48. The third-order valence-corrected chi connectivity index (χ3v) is 4.58. The van der Waals surface area contributed by atoms with Crippen LogP contribution in [0.5, 0.6) is 5.75 Å². The fourth-order valence-electron chi connectivity index (χ4n) is 3.02. The summed E-state index contributed by atoms with van der Waals surface area (Å²) in [7, 11) is 0. The van der Waals surface area contributed by atoms with E-state index in [1.807, 2.05) is 18.2 Å². The number of carbonyl (C=O) groups excluding carboxylic acids is 2. The molecular weight excluding hydrogens is 316 g/mol. The van der Waals surface area contributed by atoms with E-state index in [4.69, 9.17) is 4.74 Å². The molecule has 1 aliphatic carbocycles. The minimum atomic E-state index is -0.0567. The summed E-state index contributed by atoms with van der Waals surface area (Å²) in [6.07, 6.45) is 3.01. The van der Waals surface area contributed by atoms with Crippen LogP contribution in [0.2, 0.25) is 0 Å². The van der Waals surface area contributed by atoms with Crippen molar-refractivity contribution in [2.75, 3.05) is 18.1 Å². The molecule has 4 rings (SSSR count). The highest BCUT2D eigenvalue weighted by molar-refractivity contribution is 5.96. The van der Waals surface area contributed by atoms with E-state index in [0.717, 1.165) is 24.9 Å². The van der Waals surface area contributed by atoms with E-state index in [1.54, 1.807) is 29.2 Å². The number of anilines is 1. The smallest absolute Gasteiger partial charge is 0.264 e. The number of para-hydroxylation sites is 1. The molecule has 0 bridgehead atoms. The maximum absolute atomic E-state index is 12.4. The average molecular weight is 336 g/mol. The zero-order chi connectivity index (χ0) is 17.2. The number of carbonyl (C=O) groups is 2. The molecule has 0 spiro atoms. The van der Waals surface area contributed by atoms with Crippen molar-refractivity contribution in [1.82, 2.24) is 5.32 Å². The van der Waals surface area contributed by atoms with E-state index < -0.39 is 0 Å². The Morgan fingerprint density at radius 1 is 1.08 bits per heavy atom. The van der Waals surface area contributed by atoms with Crippen LogP contribution in [-0.4, -0.2) is 31.0 Å². The highest BCUT2D eigenvalue weighted by Crippen LogP contribution is 2.27. The molecule has 0 aromatic heterocycles. The predicted molar refractivity (Wildman–Crippen MR) is 94.9 cm³/mol. The van der Waals surface area contributed by atoms with Gasteiger partial charge in [0.1, 0.15) is 5.75 Å². The number of ether oxygens (including phenoxy) is 1. The lowest BCUT2D eigenvalue weighted by atomic mass is 10.2. The van der Waals surface area contributed by atoms with E-state index >= 15 is 0 Å². The fourth-order valence-corrected chi connectivity index (χ4v) is 3.02. The number of nitrogens with one attached hydrogen (secondary N) is 1. The van der Waals surface area contributed by atoms with Gasteiger partial charge in [-0.25, -0.2) is 0 Å². The zero-order valence-corrected chi connectivity index (χ0v) is 13.9. The van der Waals surface area contributed by atoms with Crippen LogP contribution in [0.15, 0.2) is 48.5 Å². The molecule has 2 aromatic carbocycles. The van der Waals surface area contributed by atoms with Gasteiger partial charge in [-0.15, -0.1) is 0 Å². The van der Waals surface area contributed by atoms with Crippen molar-refractivity contribution in [3.05, 3.63) is 59.7 Å². The molecule has 2 aromatic rings. The van der Waals surface area contributed by atoms with Gasteiger partial charge in [-0.05, 0) is 55.2 Å². The van der Waals surface area contributed by atoms with Gasteiger partial charge in [-0.2, -0.15) is 0 Å². The molecule has 25 heavy (non-hydrogen) atoms. The summed E-state index contributed by atoms with van der Waals surface area (Å²) in [5.74, 6) is 0.475. The fraction of sp³-hybridized carbons (Fsp3) is 0.300. The van der Waals surface area contributed by atoms with Crippen LogP contribution in [0, 0.1) is 0 Å². The summed E-state index contributed by atoms with van der Waals surface area (Å²) in [5, 5.41) is 2.95. The Balaban J connectivity index is 1.33. The van der Waals surface area contributed by atoms with Gasteiger partial charge in [-0.1, -0.05) is 18.2 Å². The maximum Gasteiger partial charge on any atom is 0.264 e. The molecule has 1 heterocycles. The van der Waals surface area contributed by atoms with Gasteiger partial charge in [0.2, 0.25) is 0 Å². The average Bonchev–Trinajstić information content (AvgIpc) is 3.35. The third kappa shape index (κ3) is 3.50. The van der Waals surface area contributed by atoms with Crippen LogP contribution in [0.4, 0.5) is 5.69 Å². The number of nitrogens with zero attached hydrogens (tertiary/aromatic N) is 1. The zero-order valence-electron chi connectivity index (χ0n) is 13.9. The lowest BCUT2D eigenvalue weighted by Crippen LogP contribution is -2.33. The summed E-state index contributed by atoms with van der Waals surface area (Å²) in [5.41, 5.74) is 2.78. The van der Waals surface area contributed by atoms with E-state index in [0.29, 0.717) is 23.9 Å². The number of fused-ring (bicyclic) bond motifs is 1. The molecule has 2 amide bonds. The standard InChI is InChI=1S/C20H20N2O3/c23-19(22-12-11-14-3-1-2-4-18(14)22)13-25-17-9-5-15(6-10-17)20(24)21-16-7-8-16/h1-6,9-10,16H,7-8,11-13H2,(H,21,24). The first-order valence-corrected chi connectivity index (χ1v) is 8.63. The topological polar surface area (TPSA) is 58.6 Å². The Bertz CT molecular complexity index is 797. The second kappa shape index (κ2) is 6.59. The predicted octanol–water partition coefficient (Wildman–Crippen LogP) is 2.55. The molecule has 5 heteroatoms. The van der Waals surface area contributed by atoms with Gasteiger partial charge in [0.25, 0.3) is 11.8 Å². The van der Waals surface area contributed by atoms with Gasteiger partial charge >= 0.3 is 0 Å². The monoisotopic (exact) mass is 336 g/mol. The molecule has 0 unspecified atom stereocenters. The van der Waals surface area contributed by atoms with Crippen molar-refractivity contribution < 1.29 is 14.3 Å². The molecular formula is C20H20N2O3. The first kappa shape index (κ1) is 15.7. The van der Waals surface area contributed by atoms with Crippen molar-refractivity contribution in [1.29, 1.82) is 0 Å². The molecule has 1 fully saturated rings. The number of hydrogen-bond donors (Lipinski definition) is 1. The number of benzene rings is 2. The first-order chi connectivity index (χ1) is 12.2. The highest BCUT2D eigenvalue weighted by atomic mass is 16.5. The number of rotatable bonds is 5. The van der Waals surface area contributed by atoms with Gasteiger partial charge in [0.15, 0.2) is 6.61 Å². The van der Waals surface area contributed by atoms with Crippen molar-refractivity contribution in [2.45, 2.75) is 25.3 Å². The van der Waals surface area contributed by atoms with Crippen LogP contribution in [0.25, 0.3) is 0 Å². The summed E-state index contributed by atoms with van der Waals surface area (Å²) in [6, 6.07) is 15.2. The van der Waals surface area contributed by atoms with Gasteiger partial charge in [0, 0.05) is 23.8 Å². The largest absolute Gasteiger partial charge is 0.484 e. The first-order valence-electron chi connectivity index (χ1n) is 8.63. The Hall–Kier alpha value is -2.82. The minimum Gasteiger partial charge on any atom is -0.484 e. The Morgan fingerprint density at radius 2 is 1.84 bits per heavy atom. The number of hydrogen-bond acceptors (Lipinski definition) is 3. The molecule has 2 aliphatic rings. The molecule has 0 atom stereocenters. The summed E-state index contributed by atoms with van der Waals surface area (Å²) >= 11 is 0. The van der Waals surface area contributed by atoms with Crippen LogP contribution >= 0.6 is 0 Å². The third-order valence-electron chi connectivity index (χ3n) is 4.58. The normalized spacial score (nSPS) is 15.6.